The van der Waals surface area contributed by atoms with Gasteiger partial charge in [0.2, 0.25) is 0 Å². The van der Waals surface area contributed by atoms with Gasteiger partial charge in [-0.05, 0) is 93.8 Å². The number of aryl methyl sites for hydroxylation is 1. The van der Waals surface area contributed by atoms with Gasteiger partial charge in [0.25, 0.3) is 0 Å². The number of benzene rings is 1. The van der Waals surface area contributed by atoms with Gasteiger partial charge in [-0.2, -0.15) is 0 Å². The number of nitrogens with one attached hydrogen (secondary N) is 2. The number of likely N-dealkylation sites (tertiary alicyclic amines) is 1. The standard InChI is InChI=1S/C24H35N5OS/c1-18-6-10-28(11-7-18)9-3-8-25-24(31)26-20-4-5-22-21(17-20)19(2)16-23(27-22)29-12-14-30-15-13-29/h4-5,16-18H,3,6-15H2,1-2H3,(H2,25,26,31). The topological polar surface area (TPSA) is 52.7 Å². The van der Waals surface area contributed by atoms with Crippen molar-refractivity contribution in [1.29, 1.82) is 0 Å². The Hall–Kier alpha value is -1.96. The molecule has 2 aromatic rings. The maximum Gasteiger partial charge on any atom is 0.170 e. The van der Waals surface area contributed by atoms with E-state index in [9.17, 15) is 0 Å². The van der Waals surface area contributed by atoms with E-state index in [1.165, 1.54) is 31.5 Å². The van der Waals surface area contributed by atoms with Crippen LogP contribution in [0.15, 0.2) is 24.3 Å². The highest BCUT2D eigenvalue weighted by atomic mass is 32.1. The number of thiocarbonyl (C=S) groups is 1. The van der Waals surface area contributed by atoms with Crippen molar-refractivity contribution in [2.45, 2.75) is 33.1 Å². The van der Waals surface area contributed by atoms with Crippen molar-refractivity contribution in [2.24, 2.45) is 5.92 Å². The van der Waals surface area contributed by atoms with Crippen molar-refractivity contribution < 1.29 is 4.74 Å². The Morgan fingerprint density at radius 3 is 2.71 bits per heavy atom. The van der Waals surface area contributed by atoms with E-state index < -0.39 is 0 Å². The zero-order valence-electron chi connectivity index (χ0n) is 18.8. The zero-order valence-corrected chi connectivity index (χ0v) is 19.6. The first-order chi connectivity index (χ1) is 15.1. The van der Waals surface area contributed by atoms with E-state index in [1.54, 1.807) is 0 Å². The van der Waals surface area contributed by atoms with Crippen molar-refractivity contribution in [3.8, 4) is 0 Å². The van der Waals surface area contributed by atoms with Gasteiger partial charge >= 0.3 is 0 Å². The highest BCUT2D eigenvalue weighted by Gasteiger charge is 2.15. The molecule has 3 heterocycles. The van der Waals surface area contributed by atoms with Gasteiger partial charge in [-0.1, -0.05) is 6.92 Å². The van der Waals surface area contributed by atoms with Crippen LogP contribution in [0.3, 0.4) is 0 Å². The molecule has 1 aromatic carbocycles. The number of ether oxygens (including phenoxy) is 1. The molecule has 0 aliphatic carbocycles. The van der Waals surface area contributed by atoms with Crippen LogP contribution in [0.25, 0.3) is 10.9 Å². The Kier molecular flexibility index (Phi) is 7.58. The lowest BCUT2D eigenvalue weighted by Crippen LogP contribution is -2.36. The molecule has 2 saturated heterocycles. The van der Waals surface area contributed by atoms with Gasteiger partial charge in [-0.25, -0.2) is 4.98 Å². The summed E-state index contributed by atoms with van der Waals surface area (Å²) in [5, 5.41) is 8.53. The lowest BCUT2D eigenvalue weighted by Gasteiger charge is -2.30. The minimum absolute atomic E-state index is 0.683. The molecule has 2 aliphatic heterocycles. The van der Waals surface area contributed by atoms with Gasteiger partial charge in [0.05, 0.1) is 18.7 Å². The molecule has 2 fully saturated rings. The lowest BCUT2D eigenvalue weighted by molar-refractivity contribution is 0.122. The second-order valence-corrected chi connectivity index (χ2v) is 9.30. The van der Waals surface area contributed by atoms with Crippen LogP contribution < -0.4 is 15.5 Å². The molecule has 7 heteroatoms. The Bertz CT molecular complexity index is 891. The number of rotatable bonds is 6. The minimum Gasteiger partial charge on any atom is -0.378 e. The number of anilines is 2. The fourth-order valence-corrected chi connectivity index (χ4v) is 4.59. The van der Waals surface area contributed by atoms with Crippen molar-refractivity contribution in [2.75, 3.05) is 62.7 Å². The predicted octanol–water partition coefficient (Wildman–Crippen LogP) is 3.79. The van der Waals surface area contributed by atoms with Crippen LogP contribution in [0, 0.1) is 12.8 Å². The van der Waals surface area contributed by atoms with E-state index in [0.717, 1.165) is 74.1 Å². The van der Waals surface area contributed by atoms with Crippen molar-refractivity contribution in [3.63, 3.8) is 0 Å². The van der Waals surface area contributed by atoms with E-state index in [1.807, 2.05) is 0 Å². The first kappa shape index (κ1) is 22.2. The van der Waals surface area contributed by atoms with E-state index in [4.69, 9.17) is 21.9 Å². The maximum absolute atomic E-state index is 5.51. The van der Waals surface area contributed by atoms with E-state index in [-0.39, 0.29) is 0 Å². The summed E-state index contributed by atoms with van der Waals surface area (Å²) in [5.74, 6) is 1.92. The third kappa shape index (κ3) is 6.05. The second-order valence-electron chi connectivity index (χ2n) is 8.89. The van der Waals surface area contributed by atoms with Crippen LogP contribution in [-0.4, -0.2) is 67.5 Å². The van der Waals surface area contributed by atoms with Crippen LogP contribution in [0.4, 0.5) is 11.5 Å². The number of aromatic nitrogens is 1. The molecule has 6 nitrogen and oxygen atoms in total. The maximum atomic E-state index is 5.51. The Morgan fingerprint density at radius 2 is 1.94 bits per heavy atom. The normalized spacial score (nSPS) is 18.3. The van der Waals surface area contributed by atoms with Crippen LogP contribution in [-0.2, 0) is 4.74 Å². The average molecular weight is 442 g/mol. The molecule has 31 heavy (non-hydrogen) atoms. The molecule has 0 unspecified atom stereocenters. The molecule has 168 valence electrons. The molecule has 0 bridgehead atoms. The van der Waals surface area contributed by atoms with E-state index in [0.29, 0.717) is 5.11 Å². The fraction of sp³-hybridized carbons (Fsp3) is 0.583. The van der Waals surface area contributed by atoms with Crippen molar-refractivity contribution >= 4 is 39.7 Å². The van der Waals surface area contributed by atoms with E-state index >= 15 is 0 Å². The molecule has 0 amide bonds. The summed E-state index contributed by atoms with van der Waals surface area (Å²) in [6.07, 6.45) is 3.77. The summed E-state index contributed by atoms with van der Waals surface area (Å²) >= 11 is 5.51. The number of hydrogen-bond acceptors (Lipinski definition) is 5. The number of nitrogens with zero attached hydrogens (tertiary/aromatic N) is 3. The van der Waals surface area contributed by atoms with Crippen LogP contribution in [0.5, 0.6) is 0 Å². The number of piperidine rings is 1. The monoisotopic (exact) mass is 441 g/mol. The van der Waals surface area contributed by atoms with Gasteiger partial charge in [-0.3, -0.25) is 0 Å². The molecular weight excluding hydrogens is 406 g/mol. The van der Waals surface area contributed by atoms with Crippen molar-refractivity contribution in [3.05, 3.63) is 29.8 Å². The van der Waals surface area contributed by atoms with Crippen molar-refractivity contribution in [1.82, 2.24) is 15.2 Å². The van der Waals surface area contributed by atoms with Crippen LogP contribution >= 0.6 is 12.2 Å². The third-order valence-corrected chi connectivity index (χ3v) is 6.65. The summed E-state index contributed by atoms with van der Waals surface area (Å²) in [6, 6.07) is 8.45. The number of fused-ring (bicyclic) bond motifs is 1. The minimum atomic E-state index is 0.683. The summed E-state index contributed by atoms with van der Waals surface area (Å²) < 4.78 is 5.46. The SMILES string of the molecule is Cc1cc(N2CCOCC2)nc2ccc(NC(=S)NCCCN3CCC(C)CC3)cc12. The predicted molar refractivity (Wildman–Crippen MR) is 133 cm³/mol. The molecule has 2 aliphatic rings. The molecule has 1 aromatic heterocycles. The molecule has 0 radical (unpaired) electrons. The Labute approximate surface area is 191 Å². The zero-order chi connectivity index (χ0) is 21.6. The van der Waals surface area contributed by atoms with Gasteiger partial charge in [0.15, 0.2) is 5.11 Å². The molecule has 2 N–H and O–H groups in total. The van der Waals surface area contributed by atoms with E-state index in [2.05, 4.69) is 58.5 Å². The average Bonchev–Trinajstić information content (AvgIpc) is 2.79. The molecule has 0 atom stereocenters. The summed E-state index contributed by atoms with van der Waals surface area (Å²) in [6.45, 7) is 12.4. The molecular formula is C24H35N5OS. The second kappa shape index (κ2) is 10.6. The highest BCUT2D eigenvalue weighted by Crippen LogP contribution is 2.26. The van der Waals surface area contributed by atoms with Crippen LogP contribution in [0.1, 0.15) is 31.7 Å². The van der Waals surface area contributed by atoms with Crippen LogP contribution in [0.2, 0.25) is 0 Å². The first-order valence-electron chi connectivity index (χ1n) is 11.6. The summed E-state index contributed by atoms with van der Waals surface area (Å²) in [7, 11) is 0. The number of hydrogen-bond donors (Lipinski definition) is 2. The van der Waals surface area contributed by atoms with Gasteiger partial charge in [-0.15, -0.1) is 0 Å². The first-order valence-corrected chi connectivity index (χ1v) is 12.0. The van der Waals surface area contributed by atoms with Gasteiger partial charge in [0.1, 0.15) is 5.82 Å². The summed E-state index contributed by atoms with van der Waals surface area (Å²) in [4.78, 5) is 9.75. The summed E-state index contributed by atoms with van der Waals surface area (Å²) in [5.41, 5.74) is 3.24. The lowest BCUT2D eigenvalue weighted by atomic mass is 9.99. The van der Waals surface area contributed by atoms with Gasteiger partial charge < -0.3 is 25.2 Å². The molecule has 0 saturated carbocycles. The molecule has 4 rings (SSSR count). The largest absolute Gasteiger partial charge is 0.378 e. The smallest absolute Gasteiger partial charge is 0.170 e. The number of pyridine rings is 1. The quantitative estimate of drug-likeness (QED) is 0.522. The molecule has 0 spiro atoms. The third-order valence-electron chi connectivity index (χ3n) is 6.41. The Morgan fingerprint density at radius 1 is 1.16 bits per heavy atom. The number of morpholine rings is 1. The Balaban J connectivity index is 1.29. The fourth-order valence-electron chi connectivity index (χ4n) is 4.37. The highest BCUT2D eigenvalue weighted by molar-refractivity contribution is 7.80. The van der Waals surface area contributed by atoms with Gasteiger partial charge in [0, 0.05) is 30.7 Å².